The van der Waals surface area contributed by atoms with Crippen molar-refractivity contribution in [3.8, 4) is 5.75 Å². The second-order valence-electron chi connectivity index (χ2n) is 5.89. The molecule has 1 N–H and O–H groups in total. The van der Waals surface area contributed by atoms with Crippen LogP contribution in [0.25, 0.3) is 0 Å². The highest BCUT2D eigenvalue weighted by Crippen LogP contribution is 2.14. The van der Waals surface area contributed by atoms with E-state index < -0.39 is 6.10 Å². The lowest BCUT2D eigenvalue weighted by atomic mass is 10.2. The Balaban J connectivity index is 1.40. The van der Waals surface area contributed by atoms with Crippen LogP contribution in [0.2, 0.25) is 0 Å². The van der Waals surface area contributed by atoms with Crippen LogP contribution < -0.4 is 9.64 Å². The first kappa shape index (κ1) is 16.7. The van der Waals surface area contributed by atoms with Crippen molar-refractivity contribution >= 4 is 5.82 Å². The zero-order valence-corrected chi connectivity index (χ0v) is 13.5. The molecule has 0 saturated carbocycles. The van der Waals surface area contributed by atoms with E-state index in [2.05, 4.69) is 14.8 Å². The summed E-state index contributed by atoms with van der Waals surface area (Å²) < 4.78 is 18.3. The van der Waals surface area contributed by atoms with Crippen molar-refractivity contribution in [3.05, 3.63) is 54.5 Å². The Morgan fingerprint density at radius 2 is 1.83 bits per heavy atom. The number of ether oxygens (including phenoxy) is 1. The Morgan fingerprint density at radius 1 is 1.08 bits per heavy atom. The number of β-amino-alcohol motifs (C(OH)–C–C–N with tert-alkyl or cyclic N) is 1. The molecule has 0 aliphatic carbocycles. The molecular weight excluding hydrogens is 309 g/mol. The summed E-state index contributed by atoms with van der Waals surface area (Å²) in [5, 5.41) is 10.1. The number of piperazine rings is 1. The topological polar surface area (TPSA) is 48.8 Å². The molecule has 0 radical (unpaired) electrons. The normalized spacial score (nSPS) is 16.8. The smallest absolute Gasteiger partial charge is 0.128 e. The van der Waals surface area contributed by atoms with Gasteiger partial charge < -0.3 is 14.7 Å². The van der Waals surface area contributed by atoms with Crippen LogP contribution >= 0.6 is 0 Å². The van der Waals surface area contributed by atoms with Crippen molar-refractivity contribution in [2.24, 2.45) is 0 Å². The van der Waals surface area contributed by atoms with Gasteiger partial charge in [0.15, 0.2) is 0 Å². The summed E-state index contributed by atoms with van der Waals surface area (Å²) in [6.07, 6.45) is 1.23. The third-order valence-electron chi connectivity index (χ3n) is 4.07. The average Bonchev–Trinajstić information content (AvgIpc) is 2.63. The molecule has 1 aromatic heterocycles. The molecule has 1 saturated heterocycles. The van der Waals surface area contributed by atoms with E-state index in [-0.39, 0.29) is 12.4 Å². The lowest BCUT2D eigenvalue weighted by molar-refractivity contribution is 0.0662. The number of benzene rings is 1. The maximum atomic E-state index is 12.8. The lowest BCUT2D eigenvalue weighted by Crippen LogP contribution is -2.49. The first-order chi connectivity index (χ1) is 11.7. The summed E-state index contributed by atoms with van der Waals surface area (Å²) in [5.74, 6) is 1.27. The Bertz CT molecular complexity index is 616. The van der Waals surface area contributed by atoms with Gasteiger partial charge in [0.2, 0.25) is 0 Å². The van der Waals surface area contributed by atoms with Crippen LogP contribution in [0.5, 0.6) is 5.75 Å². The van der Waals surface area contributed by atoms with Crippen LogP contribution in [0.4, 0.5) is 10.2 Å². The molecule has 0 bridgehead atoms. The minimum Gasteiger partial charge on any atom is -0.491 e. The summed E-state index contributed by atoms with van der Waals surface area (Å²) in [6, 6.07) is 11.7. The van der Waals surface area contributed by atoms with Gasteiger partial charge in [-0.25, -0.2) is 9.37 Å². The van der Waals surface area contributed by atoms with Crippen LogP contribution in [0.15, 0.2) is 48.7 Å². The third kappa shape index (κ3) is 4.66. The Kier molecular flexibility index (Phi) is 5.61. The minimum absolute atomic E-state index is 0.200. The number of aliphatic hydroxyl groups is 1. The number of aliphatic hydroxyl groups excluding tert-OH is 1. The first-order valence-corrected chi connectivity index (χ1v) is 8.15. The molecule has 0 amide bonds. The van der Waals surface area contributed by atoms with Crippen molar-refractivity contribution in [3.63, 3.8) is 0 Å². The maximum absolute atomic E-state index is 12.8. The summed E-state index contributed by atoms with van der Waals surface area (Å²) in [5.41, 5.74) is 0. The molecule has 1 unspecified atom stereocenters. The van der Waals surface area contributed by atoms with Crippen molar-refractivity contribution in [2.45, 2.75) is 6.10 Å². The number of hydrogen-bond donors (Lipinski definition) is 1. The van der Waals surface area contributed by atoms with E-state index in [4.69, 9.17) is 4.74 Å². The molecule has 1 fully saturated rings. The van der Waals surface area contributed by atoms with Gasteiger partial charge in [0.05, 0.1) is 0 Å². The molecule has 1 aromatic carbocycles. The second-order valence-corrected chi connectivity index (χ2v) is 5.89. The fourth-order valence-corrected chi connectivity index (χ4v) is 2.77. The van der Waals surface area contributed by atoms with Crippen LogP contribution in [-0.4, -0.2) is 60.4 Å². The van der Waals surface area contributed by atoms with E-state index in [0.717, 1.165) is 32.0 Å². The summed E-state index contributed by atoms with van der Waals surface area (Å²) in [7, 11) is 0. The van der Waals surface area contributed by atoms with E-state index in [1.807, 2.05) is 18.2 Å². The molecule has 0 spiro atoms. The van der Waals surface area contributed by atoms with Gasteiger partial charge in [-0.2, -0.15) is 0 Å². The van der Waals surface area contributed by atoms with Crippen molar-refractivity contribution in [2.75, 3.05) is 44.2 Å². The molecule has 24 heavy (non-hydrogen) atoms. The fraction of sp³-hybridized carbons (Fsp3) is 0.389. The number of halogens is 1. The number of rotatable bonds is 6. The Labute approximate surface area is 141 Å². The lowest BCUT2D eigenvalue weighted by Gasteiger charge is -2.36. The van der Waals surface area contributed by atoms with Crippen LogP contribution in [0.1, 0.15) is 0 Å². The number of anilines is 1. The molecule has 1 aliphatic heterocycles. The van der Waals surface area contributed by atoms with Crippen LogP contribution in [-0.2, 0) is 0 Å². The first-order valence-electron chi connectivity index (χ1n) is 8.15. The largest absolute Gasteiger partial charge is 0.491 e. The van der Waals surface area contributed by atoms with Gasteiger partial charge in [-0.3, -0.25) is 4.90 Å². The number of aromatic nitrogens is 1. The van der Waals surface area contributed by atoms with Gasteiger partial charge in [-0.05, 0) is 36.4 Å². The van der Waals surface area contributed by atoms with E-state index in [9.17, 15) is 9.50 Å². The van der Waals surface area contributed by atoms with Gasteiger partial charge in [0.1, 0.15) is 30.1 Å². The molecule has 2 heterocycles. The van der Waals surface area contributed by atoms with E-state index >= 15 is 0 Å². The molecular formula is C18H22FN3O2. The number of nitrogens with zero attached hydrogens (tertiary/aromatic N) is 3. The molecule has 1 aliphatic rings. The second kappa shape index (κ2) is 8.08. The van der Waals surface area contributed by atoms with Crippen LogP contribution in [0.3, 0.4) is 0 Å². The SMILES string of the molecule is OC(COc1ccc(F)cc1)CN1CCN(c2ccccn2)CC1. The van der Waals surface area contributed by atoms with Gasteiger partial charge in [-0.15, -0.1) is 0 Å². The minimum atomic E-state index is -0.573. The summed E-state index contributed by atoms with van der Waals surface area (Å²) in [6.45, 7) is 4.31. The predicted molar refractivity (Wildman–Crippen MR) is 90.8 cm³/mol. The van der Waals surface area contributed by atoms with Crippen molar-refractivity contribution < 1.29 is 14.2 Å². The molecule has 1 atom stereocenters. The third-order valence-corrected chi connectivity index (χ3v) is 4.07. The fourth-order valence-electron chi connectivity index (χ4n) is 2.77. The highest BCUT2D eigenvalue weighted by molar-refractivity contribution is 5.38. The standard InChI is InChI=1S/C18H22FN3O2/c19-15-4-6-17(7-5-15)24-14-16(23)13-21-9-11-22(12-10-21)18-3-1-2-8-20-18/h1-8,16,23H,9-14H2. The average molecular weight is 331 g/mol. The molecule has 3 rings (SSSR count). The quantitative estimate of drug-likeness (QED) is 0.874. The molecule has 128 valence electrons. The van der Waals surface area contributed by atoms with Crippen molar-refractivity contribution in [1.29, 1.82) is 0 Å². The van der Waals surface area contributed by atoms with Gasteiger partial charge >= 0.3 is 0 Å². The van der Waals surface area contributed by atoms with Gasteiger partial charge in [0, 0.05) is 38.9 Å². The Morgan fingerprint density at radius 3 is 2.50 bits per heavy atom. The van der Waals surface area contributed by atoms with E-state index in [0.29, 0.717) is 12.3 Å². The monoisotopic (exact) mass is 331 g/mol. The summed E-state index contributed by atoms with van der Waals surface area (Å²) >= 11 is 0. The number of pyridine rings is 1. The van der Waals surface area contributed by atoms with Crippen LogP contribution in [0, 0.1) is 5.82 Å². The van der Waals surface area contributed by atoms with E-state index in [1.165, 1.54) is 12.1 Å². The maximum Gasteiger partial charge on any atom is 0.128 e. The number of hydrogen-bond acceptors (Lipinski definition) is 5. The van der Waals surface area contributed by atoms with Gasteiger partial charge in [0.25, 0.3) is 0 Å². The Hall–Kier alpha value is -2.18. The molecule has 6 heteroatoms. The summed E-state index contributed by atoms with van der Waals surface area (Å²) in [4.78, 5) is 8.84. The van der Waals surface area contributed by atoms with Gasteiger partial charge in [-0.1, -0.05) is 6.07 Å². The van der Waals surface area contributed by atoms with E-state index in [1.54, 1.807) is 18.3 Å². The highest BCUT2D eigenvalue weighted by Gasteiger charge is 2.20. The molecule has 5 nitrogen and oxygen atoms in total. The molecule has 2 aromatic rings. The zero-order chi connectivity index (χ0) is 16.8. The highest BCUT2D eigenvalue weighted by atomic mass is 19.1. The zero-order valence-electron chi connectivity index (χ0n) is 13.5. The van der Waals surface area contributed by atoms with Crippen molar-refractivity contribution in [1.82, 2.24) is 9.88 Å². The predicted octanol–water partition coefficient (Wildman–Crippen LogP) is 1.78.